The minimum Gasteiger partial charge on any atom is -0.379 e. The molecule has 1 N–H and O–H groups in total. The third-order valence-electron chi connectivity index (χ3n) is 4.32. The van der Waals surface area contributed by atoms with Gasteiger partial charge in [0, 0.05) is 26.7 Å². The third-order valence-corrected chi connectivity index (χ3v) is 4.63. The Morgan fingerprint density at radius 2 is 2.24 bits per heavy atom. The highest BCUT2D eigenvalue weighted by atomic mass is 35.5. The van der Waals surface area contributed by atoms with E-state index >= 15 is 0 Å². The zero-order chi connectivity index (χ0) is 15.2. The molecule has 0 aliphatic carbocycles. The first-order chi connectivity index (χ1) is 10.2. The minimum atomic E-state index is 0.284. The maximum Gasteiger partial charge on any atom is 0.0772 e. The Balaban J connectivity index is 2.17. The van der Waals surface area contributed by atoms with Gasteiger partial charge in [0.05, 0.1) is 16.8 Å². The van der Waals surface area contributed by atoms with E-state index in [9.17, 15) is 0 Å². The predicted molar refractivity (Wildman–Crippen MR) is 90.2 cm³/mol. The molecule has 0 aromatic heterocycles. The van der Waals surface area contributed by atoms with Gasteiger partial charge in [-0.2, -0.15) is 0 Å². The minimum absolute atomic E-state index is 0.284. The standard InChI is InChI=1S/C17H27ClN2O/c1-4-9-19-11-14-6-5-7-15(18)17(14)20-10-8-13(2)16(12-20)21-3/h5-7,13,16,19H,4,8-12H2,1-3H3. The molecule has 1 aromatic carbocycles. The molecule has 2 atom stereocenters. The Bertz CT molecular complexity index is 452. The molecule has 1 aliphatic rings. The van der Waals surface area contributed by atoms with Crippen LogP contribution in [0.4, 0.5) is 5.69 Å². The normalized spacial score (nSPS) is 22.6. The largest absolute Gasteiger partial charge is 0.379 e. The molecule has 1 saturated heterocycles. The quantitative estimate of drug-likeness (QED) is 0.811. The lowest BCUT2D eigenvalue weighted by Crippen LogP contribution is -2.44. The second-order valence-electron chi connectivity index (χ2n) is 5.91. The number of piperidine rings is 1. The summed E-state index contributed by atoms with van der Waals surface area (Å²) >= 11 is 6.49. The Morgan fingerprint density at radius 1 is 1.43 bits per heavy atom. The van der Waals surface area contributed by atoms with Crippen molar-refractivity contribution in [3.63, 3.8) is 0 Å². The summed E-state index contributed by atoms with van der Waals surface area (Å²) in [6, 6.07) is 6.19. The highest BCUT2D eigenvalue weighted by molar-refractivity contribution is 6.33. The second kappa shape index (κ2) is 8.02. The van der Waals surface area contributed by atoms with Gasteiger partial charge in [0.25, 0.3) is 0 Å². The first-order valence-electron chi connectivity index (χ1n) is 7.93. The number of anilines is 1. The Kier molecular flexibility index (Phi) is 6.34. The molecule has 118 valence electrons. The zero-order valence-electron chi connectivity index (χ0n) is 13.4. The van der Waals surface area contributed by atoms with Crippen LogP contribution in [0.5, 0.6) is 0 Å². The van der Waals surface area contributed by atoms with E-state index in [0.29, 0.717) is 5.92 Å². The number of halogens is 1. The summed E-state index contributed by atoms with van der Waals surface area (Å²) in [5.41, 5.74) is 2.46. The van der Waals surface area contributed by atoms with Gasteiger partial charge in [-0.05, 0) is 36.9 Å². The van der Waals surface area contributed by atoms with Crippen LogP contribution in [0.3, 0.4) is 0 Å². The zero-order valence-corrected chi connectivity index (χ0v) is 14.1. The molecule has 0 radical (unpaired) electrons. The van der Waals surface area contributed by atoms with Crippen molar-refractivity contribution in [1.82, 2.24) is 5.32 Å². The SMILES string of the molecule is CCCNCc1cccc(Cl)c1N1CCC(C)C(OC)C1. The van der Waals surface area contributed by atoms with E-state index in [1.54, 1.807) is 7.11 Å². The molecule has 1 aromatic rings. The maximum absolute atomic E-state index is 6.49. The summed E-state index contributed by atoms with van der Waals surface area (Å²) < 4.78 is 5.63. The van der Waals surface area contributed by atoms with Crippen molar-refractivity contribution in [3.05, 3.63) is 28.8 Å². The van der Waals surface area contributed by atoms with Gasteiger partial charge < -0.3 is 15.0 Å². The van der Waals surface area contributed by atoms with Crippen molar-refractivity contribution in [2.45, 2.75) is 39.3 Å². The highest BCUT2D eigenvalue weighted by Crippen LogP contribution is 2.33. The summed E-state index contributed by atoms with van der Waals surface area (Å²) in [6.07, 6.45) is 2.57. The molecule has 1 heterocycles. The fraction of sp³-hybridized carbons (Fsp3) is 0.647. The molecule has 2 unspecified atom stereocenters. The molecule has 0 amide bonds. The van der Waals surface area contributed by atoms with E-state index in [4.69, 9.17) is 16.3 Å². The average Bonchev–Trinajstić information content (AvgIpc) is 2.49. The van der Waals surface area contributed by atoms with Gasteiger partial charge in [0.15, 0.2) is 0 Å². The lowest BCUT2D eigenvalue weighted by molar-refractivity contribution is 0.0498. The molecular weight excluding hydrogens is 284 g/mol. The van der Waals surface area contributed by atoms with E-state index in [2.05, 4.69) is 30.1 Å². The van der Waals surface area contributed by atoms with Crippen LogP contribution in [0.2, 0.25) is 5.02 Å². The molecule has 21 heavy (non-hydrogen) atoms. The molecule has 0 saturated carbocycles. The number of methoxy groups -OCH3 is 1. The summed E-state index contributed by atoms with van der Waals surface area (Å²) in [7, 11) is 1.81. The van der Waals surface area contributed by atoms with Crippen LogP contribution >= 0.6 is 11.6 Å². The molecule has 3 nitrogen and oxygen atoms in total. The van der Waals surface area contributed by atoms with Gasteiger partial charge in [0.2, 0.25) is 0 Å². The number of ether oxygens (including phenoxy) is 1. The maximum atomic E-state index is 6.49. The van der Waals surface area contributed by atoms with E-state index in [1.165, 1.54) is 11.3 Å². The van der Waals surface area contributed by atoms with Crippen molar-refractivity contribution in [1.29, 1.82) is 0 Å². The van der Waals surface area contributed by atoms with Crippen molar-refractivity contribution >= 4 is 17.3 Å². The second-order valence-corrected chi connectivity index (χ2v) is 6.32. The number of hydrogen-bond acceptors (Lipinski definition) is 3. The number of rotatable bonds is 6. The molecule has 4 heteroatoms. The number of para-hydroxylation sites is 1. The van der Waals surface area contributed by atoms with Crippen molar-refractivity contribution in [2.75, 3.05) is 31.6 Å². The van der Waals surface area contributed by atoms with Crippen molar-refractivity contribution in [3.8, 4) is 0 Å². The van der Waals surface area contributed by atoms with E-state index in [0.717, 1.165) is 44.0 Å². The Morgan fingerprint density at radius 3 is 2.95 bits per heavy atom. The third kappa shape index (κ3) is 4.12. The van der Waals surface area contributed by atoms with Crippen LogP contribution in [0.15, 0.2) is 18.2 Å². The van der Waals surface area contributed by atoms with Crippen LogP contribution in [-0.2, 0) is 11.3 Å². The van der Waals surface area contributed by atoms with Crippen molar-refractivity contribution in [2.24, 2.45) is 5.92 Å². The molecule has 2 rings (SSSR count). The summed E-state index contributed by atoms with van der Waals surface area (Å²) in [4.78, 5) is 2.39. The van der Waals surface area contributed by atoms with Crippen molar-refractivity contribution < 1.29 is 4.74 Å². The summed E-state index contributed by atoms with van der Waals surface area (Å²) in [6.45, 7) is 8.31. The van der Waals surface area contributed by atoms with Crippen LogP contribution in [0, 0.1) is 5.92 Å². The molecule has 0 bridgehead atoms. The van der Waals surface area contributed by atoms with Gasteiger partial charge in [-0.3, -0.25) is 0 Å². The van der Waals surface area contributed by atoms with Crippen LogP contribution in [-0.4, -0.2) is 32.8 Å². The predicted octanol–water partition coefficient (Wildman–Crippen LogP) is 3.70. The molecule has 0 spiro atoms. The smallest absolute Gasteiger partial charge is 0.0772 e. The number of hydrogen-bond donors (Lipinski definition) is 1. The fourth-order valence-corrected chi connectivity index (χ4v) is 3.31. The number of nitrogens with one attached hydrogen (secondary N) is 1. The molecule has 1 aliphatic heterocycles. The van der Waals surface area contributed by atoms with Gasteiger partial charge in [-0.25, -0.2) is 0 Å². The topological polar surface area (TPSA) is 24.5 Å². The van der Waals surface area contributed by atoms with Gasteiger partial charge in [0.1, 0.15) is 0 Å². The summed E-state index contributed by atoms with van der Waals surface area (Å²) in [5.74, 6) is 0.607. The fourth-order valence-electron chi connectivity index (χ4n) is 3.00. The van der Waals surface area contributed by atoms with E-state index in [-0.39, 0.29) is 6.10 Å². The average molecular weight is 311 g/mol. The van der Waals surface area contributed by atoms with E-state index < -0.39 is 0 Å². The monoisotopic (exact) mass is 310 g/mol. The van der Waals surface area contributed by atoms with Gasteiger partial charge in [-0.1, -0.05) is 37.6 Å². The van der Waals surface area contributed by atoms with Gasteiger partial charge in [-0.15, -0.1) is 0 Å². The lowest BCUT2D eigenvalue weighted by atomic mass is 9.95. The van der Waals surface area contributed by atoms with Crippen LogP contribution in [0.25, 0.3) is 0 Å². The molecule has 1 fully saturated rings. The Labute approximate surface area is 133 Å². The first kappa shape index (κ1) is 16.6. The van der Waals surface area contributed by atoms with Gasteiger partial charge >= 0.3 is 0 Å². The Hall–Kier alpha value is -0.770. The highest BCUT2D eigenvalue weighted by Gasteiger charge is 2.28. The molecular formula is C17H27ClN2O. The van der Waals surface area contributed by atoms with Crippen LogP contribution < -0.4 is 10.2 Å². The summed E-state index contributed by atoms with van der Waals surface area (Å²) in [5, 5.41) is 4.32. The number of nitrogens with zero attached hydrogens (tertiary/aromatic N) is 1. The number of benzene rings is 1. The van der Waals surface area contributed by atoms with Crippen LogP contribution in [0.1, 0.15) is 32.3 Å². The van der Waals surface area contributed by atoms with E-state index in [1.807, 2.05) is 12.1 Å². The lowest BCUT2D eigenvalue weighted by Gasteiger charge is -2.39. The first-order valence-corrected chi connectivity index (χ1v) is 8.31.